The number of para-hydroxylation sites is 1. The Morgan fingerprint density at radius 3 is 2.00 bits per heavy atom. The van der Waals surface area contributed by atoms with E-state index in [1.54, 1.807) is 78.8 Å². The molecule has 2 unspecified atom stereocenters. The Labute approximate surface area is 227 Å². The summed E-state index contributed by atoms with van der Waals surface area (Å²) in [5.74, 6) is -0.337. The Kier molecular flexibility index (Phi) is 13.3. The molecule has 1 saturated heterocycles. The third kappa shape index (κ3) is 13.5. The maximum Gasteiger partial charge on any atom is 0.420 e. The molecule has 214 valence electrons. The fraction of sp³-hybridized carbons (Fsp3) is 0.621. The number of amides is 2. The lowest BCUT2D eigenvalue weighted by molar-refractivity contribution is -0.156. The molecule has 38 heavy (non-hydrogen) atoms. The van der Waals surface area contributed by atoms with Crippen molar-refractivity contribution in [1.29, 1.82) is 0 Å². The van der Waals surface area contributed by atoms with Crippen LogP contribution < -0.4 is 0 Å². The van der Waals surface area contributed by atoms with Gasteiger partial charge in [0.15, 0.2) is 0 Å². The third-order valence-corrected chi connectivity index (χ3v) is 5.14. The summed E-state index contributed by atoms with van der Waals surface area (Å²) in [6, 6.07) is 7.59. The SMILES string of the molecule is C=CCOC1CCCC[C@H](N(C(=O)OC(C)(C)C)C(=O)OC(C)(C)C)C(=O)OC(C)C1.Oc1ccccc1. The molecule has 0 aliphatic carbocycles. The van der Waals surface area contributed by atoms with Crippen LogP contribution in [0.3, 0.4) is 0 Å². The van der Waals surface area contributed by atoms with Crippen LogP contribution in [-0.4, -0.2) is 64.2 Å². The predicted molar refractivity (Wildman–Crippen MR) is 145 cm³/mol. The Balaban J connectivity index is 0.000000884. The number of rotatable bonds is 4. The molecule has 9 heteroatoms. The second kappa shape index (κ2) is 15.4. The molecular weight excluding hydrogens is 490 g/mol. The third-order valence-electron chi connectivity index (χ3n) is 5.14. The predicted octanol–water partition coefficient (Wildman–Crippen LogP) is 6.39. The number of hydrogen-bond acceptors (Lipinski definition) is 8. The summed E-state index contributed by atoms with van der Waals surface area (Å²) in [4.78, 5) is 39.6. The van der Waals surface area contributed by atoms with Gasteiger partial charge in [0.05, 0.1) is 12.7 Å². The fourth-order valence-electron chi connectivity index (χ4n) is 3.61. The number of hydrogen-bond donors (Lipinski definition) is 1. The number of nitrogens with zero attached hydrogens (tertiary/aromatic N) is 1. The van der Waals surface area contributed by atoms with Crippen molar-refractivity contribution in [2.45, 2.75) is 110 Å². The van der Waals surface area contributed by atoms with E-state index < -0.39 is 41.5 Å². The van der Waals surface area contributed by atoms with Crippen molar-refractivity contribution >= 4 is 18.2 Å². The average molecular weight is 536 g/mol. The lowest BCUT2D eigenvalue weighted by atomic mass is 10.0. The highest BCUT2D eigenvalue weighted by molar-refractivity contribution is 5.94. The number of benzene rings is 1. The molecule has 2 amide bonds. The van der Waals surface area contributed by atoms with Crippen LogP contribution in [0.1, 0.15) is 80.6 Å². The molecule has 1 aliphatic heterocycles. The van der Waals surface area contributed by atoms with E-state index in [2.05, 4.69) is 6.58 Å². The maximum atomic E-state index is 13.0. The smallest absolute Gasteiger partial charge is 0.420 e. The van der Waals surface area contributed by atoms with Crippen LogP contribution in [0.5, 0.6) is 5.75 Å². The van der Waals surface area contributed by atoms with Crippen LogP contribution in [0.4, 0.5) is 9.59 Å². The van der Waals surface area contributed by atoms with Gasteiger partial charge in [-0.05, 0) is 73.4 Å². The number of carbonyl (C=O) groups is 3. The molecule has 1 aliphatic rings. The van der Waals surface area contributed by atoms with Crippen LogP contribution in [-0.2, 0) is 23.7 Å². The Bertz CT molecular complexity index is 860. The normalized spacial score (nSPS) is 20.6. The van der Waals surface area contributed by atoms with Gasteiger partial charge in [0.2, 0.25) is 0 Å². The van der Waals surface area contributed by atoms with Crippen LogP contribution in [0.15, 0.2) is 43.0 Å². The van der Waals surface area contributed by atoms with Gasteiger partial charge in [0.25, 0.3) is 0 Å². The summed E-state index contributed by atoms with van der Waals surface area (Å²) >= 11 is 0. The van der Waals surface area contributed by atoms with Crippen LogP contribution >= 0.6 is 0 Å². The summed E-state index contributed by atoms with van der Waals surface area (Å²) in [7, 11) is 0. The molecular formula is C29H45NO8. The number of aromatic hydroxyl groups is 1. The second-order valence-electron chi connectivity index (χ2n) is 11.2. The standard InChI is InChI=1S/C23H39NO7.C6H6O/c1-9-14-28-17-12-10-11-13-18(19(25)29-16(2)15-17)24(20(26)30-22(3,4)5)21(27)31-23(6,7)8;7-6-4-2-1-3-5-6/h9,16-18H,1,10-15H2,2-8H3;1-5,7H/t16?,17?,18-;/m0./s1. The molecule has 1 heterocycles. The van der Waals surface area contributed by atoms with Gasteiger partial charge in [-0.2, -0.15) is 4.90 Å². The number of carbonyl (C=O) groups excluding carboxylic acids is 3. The van der Waals surface area contributed by atoms with E-state index in [0.29, 0.717) is 25.2 Å². The average Bonchev–Trinajstić information content (AvgIpc) is 2.77. The van der Waals surface area contributed by atoms with Crippen molar-refractivity contribution in [2.75, 3.05) is 6.61 Å². The molecule has 0 bridgehead atoms. The van der Waals surface area contributed by atoms with E-state index in [1.807, 2.05) is 6.07 Å². The molecule has 0 saturated carbocycles. The first kappa shape index (κ1) is 33.0. The highest BCUT2D eigenvalue weighted by atomic mass is 16.6. The highest BCUT2D eigenvalue weighted by Crippen LogP contribution is 2.24. The molecule has 2 rings (SSSR count). The van der Waals surface area contributed by atoms with E-state index >= 15 is 0 Å². The molecule has 1 aromatic rings. The monoisotopic (exact) mass is 535 g/mol. The van der Waals surface area contributed by atoms with Crippen LogP contribution in [0.25, 0.3) is 0 Å². The first-order valence-electron chi connectivity index (χ1n) is 13.0. The number of phenols is 1. The molecule has 0 radical (unpaired) electrons. The van der Waals surface area contributed by atoms with Gasteiger partial charge < -0.3 is 24.1 Å². The van der Waals surface area contributed by atoms with Crippen LogP contribution in [0, 0.1) is 0 Å². The largest absolute Gasteiger partial charge is 0.508 e. The molecule has 0 spiro atoms. The summed E-state index contributed by atoms with van der Waals surface area (Å²) < 4.78 is 22.2. The number of phenolic OH excluding ortho intramolecular Hbond substituents is 1. The highest BCUT2D eigenvalue weighted by Gasteiger charge is 2.41. The van der Waals surface area contributed by atoms with Gasteiger partial charge >= 0.3 is 18.2 Å². The van der Waals surface area contributed by atoms with E-state index in [0.717, 1.165) is 17.7 Å². The van der Waals surface area contributed by atoms with Gasteiger partial charge in [-0.1, -0.05) is 37.1 Å². The van der Waals surface area contributed by atoms with Crippen molar-refractivity contribution in [2.24, 2.45) is 0 Å². The van der Waals surface area contributed by atoms with Gasteiger partial charge in [-0.15, -0.1) is 6.58 Å². The molecule has 3 atom stereocenters. The minimum atomic E-state index is -1.13. The zero-order valence-corrected chi connectivity index (χ0v) is 23.9. The zero-order valence-electron chi connectivity index (χ0n) is 23.9. The lowest BCUT2D eigenvalue weighted by Gasteiger charge is -2.33. The van der Waals surface area contributed by atoms with Gasteiger partial charge in [-0.25, -0.2) is 14.4 Å². The number of ether oxygens (including phenoxy) is 4. The van der Waals surface area contributed by atoms with Gasteiger partial charge in [0, 0.05) is 6.42 Å². The van der Waals surface area contributed by atoms with Crippen LogP contribution in [0.2, 0.25) is 0 Å². The summed E-state index contributed by atoms with van der Waals surface area (Å²) in [5.41, 5.74) is -1.69. The minimum Gasteiger partial charge on any atom is -0.508 e. The molecule has 9 nitrogen and oxygen atoms in total. The van der Waals surface area contributed by atoms with Crippen molar-refractivity contribution in [3.05, 3.63) is 43.0 Å². The first-order chi connectivity index (χ1) is 17.6. The second-order valence-corrected chi connectivity index (χ2v) is 11.2. The summed E-state index contributed by atoms with van der Waals surface area (Å²) in [6.07, 6.45) is 2.25. The molecule has 1 aromatic carbocycles. The summed E-state index contributed by atoms with van der Waals surface area (Å²) in [5, 5.41) is 8.63. The Morgan fingerprint density at radius 1 is 1.03 bits per heavy atom. The van der Waals surface area contributed by atoms with Gasteiger partial charge in [-0.3, -0.25) is 0 Å². The first-order valence-corrected chi connectivity index (χ1v) is 13.0. The number of cyclic esters (lactones) is 1. The topological polar surface area (TPSA) is 112 Å². The van der Waals surface area contributed by atoms with Crippen molar-refractivity contribution in [3.8, 4) is 5.75 Å². The van der Waals surface area contributed by atoms with E-state index in [-0.39, 0.29) is 12.5 Å². The Hall–Kier alpha value is -3.07. The number of imide groups is 1. The van der Waals surface area contributed by atoms with E-state index in [9.17, 15) is 14.4 Å². The zero-order chi connectivity index (χ0) is 28.9. The van der Waals surface area contributed by atoms with Crippen molar-refractivity contribution in [1.82, 2.24) is 4.90 Å². The quantitative estimate of drug-likeness (QED) is 0.268. The van der Waals surface area contributed by atoms with Gasteiger partial charge in [0.1, 0.15) is 29.1 Å². The van der Waals surface area contributed by atoms with E-state index in [4.69, 9.17) is 24.1 Å². The fourth-order valence-corrected chi connectivity index (χ4v) is 3.61. The molecule has 1 N–H and O–H groups in total. The number of esters is 1. The molecule has 0 aromatic heterocycles. The minimum absolute atomic E-state index is 0.0508. The molecule has 1 fully saturated rings. The van der Waals surface area contributed by atoms with Crippen molar-refractivity contribution < 1.29 is 38.4 Å². The van der Waals surface area contributed by atoms with Crippen molar-refractivity contribution in [3.63, 3.8) is 0 Å². The Morgan fingerprint density at radius 2 is 1.55 bits per heavy atom. The lowest BCUT2D eigenvalue weighted by Crippen LogP contribution is -2.53. The van der Waals surface area contributed by atoms with E-state index in [1.165, 1.54) is 0 Å². The summed E-state index contributed by atoms with van der Waals surface area (Å²) in [6.45, 7) is 16.0. The maximum absolute atomic E-state index is 13.0.